The van der Waals surface area contributed by atoms with Gasteiger partial charge in [-0.25, -0.2) is 4.98 Å². The van der Waals surface area contributed by atoms with Gasteiger partial charge in [0.25, 0.3) is 5.91 Å². The Labute approximate surface area is 174 Å². The second-order valence-corrected chi connectivity index (χ2v) is 7.19. The fourth-order valence-electron chi connectivity index (χ4n) is 2.75. The highest BCUT2D eigenvalue weighted by Gasteiger charge is 2.25. The van der Waals surface area contributed by atoms with Gasteiger partial charge in [-0.2, -0.15) is 0 Å². The fourth-order valence-corrected chi connectivity index (χ4v) is 3.06. The third kappa shape index (κ3) is 4.83. The van der Waals surface area contributed by atoms with Crippen molar-refractivity contribution in [2.75, 3.05) is 4.90 Å². The highest BCUT2D eigenvalue weighted by Crippen LogP contribution is 2.24. The molecule has 144 valence electrons. The Morgan fingerprint density at radius 1 is 1.07 bits per heavy atom. The lowest BCUT2D eigenvalue weighted by Gasteiger charge is -2.26. The van der Waals surface area contributed by atoms with E-state index in [-0.39, 0.29) is 5.91 Å². The number of rotatable bonds is 6. The number of amides is 1. The van der Waals surface area contributed by atoms with Crippen LogP contribution in [0.15, 0.2) is 66.9 Å². The minimum atomic E-state index is -0.718. The van der Waals surface area contributed by atoms with Gasteiger partial charge in [0.1, 0.15) is 11.6 Å². The van der Waals surface area contributed by atoms with Crippen LogP contribution in [0.1, 0.15) is 18.1 Å². The van der Waals surface area contributed by atoms with Crippen molar-refractivity contribution in [1.29, 1.82) is 0 Å². The van der Waals surface area contributed by atoms with Crippen LogP contribution in [0.3, 0.4) is 0 Å². The number of ether oxygens (including phenoxy) is 1. The molecule has 0 N–H and O–H groups in total. The summed E-state index contributed by atoms with van der Waals surface area (Å²) in [4.78, 5) is 19.1. The van der Waals surface area contributed by atoms with E-state index < -0.39 is 6.10 Å². The molecule has 4 nitrogen and oxygen atoms in total. The largest absolute Gasteiger partial charge is 0.481 e. The molecule has 0 fully saturated rings. The van der Waals surface area contributed by atoms with Gasteiger partial charge in [0.15, 0.2) is 6.10 Å². The summed E-state index contributed by atoms with van der Waals surface area (Å²) in [6, 6.07) is 18.2. The minimum absolute atomic E-state index is 0.216. The van der Waals surface area contributed by atoms with Gasteiger partial charge >= 0.3 is 0 Å². The summed E-state index contributed by atoms with van der Waals surface area (Å²) in [7, 11) is 0. The number of benzene rings is 2. The van der Waals surface area contributed by atoms with E-state index in [0.29, 0.717) is 28.2 Å². The maximum atomic E-state index is 13.2. The van der Waals surface area contributed by atoms with Crippen molar-refractivity contribution in [2.24, 2.45) is 0 Å². The predicted octanol–water partition coefficient (Wildman–Crippen LogP) is 5.70. The average Bonchev–Trinajstić information content (AvgIpc) is 2.70. The first-order valence-electron chi connectivity index (χ1n) is 8.84. The van der Waals surface area contributed by atoms with Crippen molar-refractivity contribution in [3.63, 3.8) is 0 Å². The second-order valence-electron chi connectivity index (χ2n) is 6.37. The van der Waals surface area contributed by atoms with Crippen molar-refractivity contribution in [2.45, 2.75) is 26.5 Å². The van der Waals surface area contributed by atoms with Crippen LogP contribution in [-0.2, 0) is 11.3 Å². The summed E-state index contributed by atoms with van der Waals surface area (Å²) in [6.45, 7) is 3.90. The molecule has 0 saturated heterocycles. The third-order valence-electron chi connectivity index (χ3n) is 4.27. The van der Waals surface area contributed by atoms with E-state index >= 15 is 0 Å². The first-order chi connectivity index (χ1) is 13.5. The number of aromatic nitrogens is 1. The van der Waals surface area contributed by atoms with Crippen molar-refractivity contribution < 1.29 is 9.53 Å². The summed E-state index contributed by atoms with van der Waals surface area (Å²) in [5, 5.41) is 1.25. The SMILES string of the molecule is Cc1cc(O[C@H](C)C(=O)N(Cc2ccccc2Cl)c2ccccn2)ccc1Cl. The maximum absolute atomic E-state index is 13.2. The molecule has 1 aromatic heterocycles. The van der Waals surface area contributed by atoms with Gasteiger partial charge in [-0.3, -0.25) is 9.69 Å². The molecule has 0 aliphatic rings. The normalized spacial score (nSPS) is 11.7. The molecule has 0 spiro atoms. The summed E-state index contributed by atoms with van der Waals surface area (Å²) in [5.41, 5.74) is 1.72. The lowest BCUT2D eigenvalue weighted by atomic mass is 10.2. The Hall–Kier alpha value is -2.56. The Bertz CT molecular complexity index is 964. The molecule has 1 amide bonds. The Kier molecular flexibility index (Phi) is 6.55. The lowest BCUT2D eigenvalue weighted by molar-refractivity contribution is -0.124. The van der Waals surface area contributed by atoms with Crippen LogP contribution in [-0.4, -0.2) is 17.0 Å². The van der Waals surface area contributed by atoms with E-state index in [9.17, 15) is 4.79 Å². The lowest BCUT2D eigenvalue weighted by Crippen LogP contribution is -2.40. The zero-order valence-corrected chi connectivity index (χ0v) is 17.1. The molecule has 3 rings (SSSR count). The van der Waals surface area contributed by atoms with E-state index in [1.807, 2.05) is 37.3 Å². The van der Waals surface area contributed by atoms with Gasteiger partial charge in [0.2, 0.25) is 0 Å². The van der Waals surface area contributed by atoms with Crippen LogP contribution in [0.4, 0.5) is 5.82 Å². The summed E-state index contributed by atoms with van der Waals surface area (Å²) < 4.78 is 5.87. The molecule has 0 radical (unpaired) electrons. The van der Waals surface area contributed by atoms with Crippen LogP contribution >= 0.6 is 23.2 Å². The molecule has 0 saturated carbocycles. The van der Waals surface area contributed by atoms with E-state index in [1.54, 1.807) is 48.4 Å². The van der Waals surface area contributed by atoms with Crippen molar-refractivity contribution in [3.05, 3.63) is 88.0 Å². The quantitative estimate of drug-likeness (QED) is 0.519. The van der Waals surface area contributed by atoms with E-state index in [2.05, 4.69) is 4.98 Å². The van der Waals surface area contributed by atoms with Gasteiger partial charge in [-0.15, -0.1) is 0 Å². The van der Waals surface area contributed by atoms with E-state index in [0.717, 1.165) is 11.1 Å². The number of hydrogen-bond donors (Lipinski definition) is 0. The van der Waals surface area contributed by atoms with Gasteiger partial charge in [0, 0.05) is 16.2 Å². The van der Waals surface area contributed by atoms with Gasteiger partial charge in [0.05, 0.1) is 6.54 Å². The van der Waals surface area contributed by atoms with Crippen LogP contribution in [0, 0.1) is 6.92 Å². The number of nitrogens with zero attached hydrogens (tertiary/aromatic N) is 2. The number of anilines is 1. The molecule has 28 heavy (non-hydrogen) atoms. The Morgan fingerprint density at radius 3 is 2.50 bits per heavy atom. The average molecular weight is 415 g/mol. The first kappa shape index (κ1) is 20.2. The molecule has 1 heterocycles. The van der Waals surface area contributed by atoms with Crippen molar-refractivity contribution in [1.82, 2.24) is 4.98 Å². The monoisotopic (exact) mass is 414 g/mol. The molecule has 0 bridgehead atoms. The molecule has 3 aromatic rings. The number of carbonyl (C=O) groups excluding carboxylic acids is 1. The highest BCUT2D eigenvalue weighted by atomic mass is 35.5. The molecule has 1 atom stereocenters. The third-order valence-corrected chi connectivity index (χ3v) is 5.06. The molecule has 6 heteroatoms. The number of pyridine rings is 1. The van der Waals surface area contributed by atoms with E-state index in [4.69, 9.17) is 27.9 Å². The van der Waals surface area contributed by atoms with Gasteiger partial charge in [-0.1, -0.05) is 47.5 Å². The summed E-state index contributed by atoms with van der Waals surface area (Å²) in [5.74, 6) is 0.905. The van der Waals surface area contributed by atoms with Crippen molar-refractivity contribution >= 4 is 34.9 Å². The summed E-state index contributed by atoms with van der Waals surface area (Å²) >= 11 is 12.4. The van der Waals surface area contributed by atoms with Crippen LogP contribution in [0.2, 0.25) is 10.0 Å². The standard InChI is InChI=1S/C22H20Cl2N2O2/c1-15-13-18(10-11-19(15)23)28-16(2)22(27)26(21-9-5-6-12-25-21)14-17-7-3-4-8-20(17)24/h3-13,16H,14H2,1-2H3/t16-/m1/s1. The molecule has 0 aliphatic carbocycles. The van der Waals surface area contributed by atoms with Gasteiger partial charge in [-0.05, 0) is 61.4 Å². The van der Waals surface area contributed by atoms with Crippen LogP contribution < -0.4 is 9.64 Å². The molecular weight excluding hydrogens is 395 g/mol. The van der Waals surface area contributed by atoms with Crippen molar-refractivity contribution in [3.8, 4) is 5.75 Å². The maximum Gasteiger partial charge on any atom is 0.269 e. The number of carbonyl (C=O) groups is 1. The zero-order valence-electron chi connectivity index (χ0n) is 15.6. The molecular formula is C22H20Cl2N2O2. The van der Waals surface area contributed by atoms with Crippen LogP contribution in [0.25, 0.3) is 0 Å². The molecule has 0 unspecified atom stereocenters. The topological polar surface area (TPSA) is 42.4 Å². The van der Waals surface area contributed by atoms with Crippen LogP contribution in [0.5, 0.6) is 5.75 Å². The number of aryl methyl sites for hydroxylation is 1. The Morgan fingerprint density at radius 2 is 1.82 bits per heavy atom. The van der Waals surface area contributed by atoms with Gasteiger partial charge < -0.3 is 4.74 Å². The smallest absolute Gasteiger partial charge is 0.269 e. The first-order valence-corrected chi connectivity index (χ1v) is 9.60. The predicted molar refractivity (Wildman–Crippen MR) is 113 cm³/mol. The number of halogens is 2. The van der Waals surface area contributed by atoms with E-state index in [1.165, 1.54) is 0 Å². The summed E-state index contributed by atoms with van der Waals surface area (Å²) in [6.07, 6.45) is 0.932. The molecule has 0 aliphatic heterocycles. The highest BCUT2D eigenvalue weighted by molar-refractivity contribution is 6.31. The second kappa shape index (κ2) is 9.09. The Balaban J connectivity index is 1.85. The minimum Gasteiger partial charge on any atom is -0.481 e. The zero-order chi connectivity index (χ0) is 20.1. The molecule has 2 aromatic carbocycles. The fraction of sp³-hybridized carbons (Fsp3) is 0.182. The number of hydrogen-bond acceptors (Lipinski definition) is 3.